The average molecular weight is 471 g/mol. The molecule has 2 rings (SSSR count). The second-order valence-electron chi connectivity index (χ2n) is 8.42. The first kappa shape index (κ1) is 26.4. The monoisotopic (exact) mass is 470 g/mol. The van der Waals surface area contributed by atoms with Crippen LogP contribution in [0.5, 0.6) is 0 Å². The summed E-state index contributed by atoms with van der Waals surface area (Å²) in [4.78, 5) is 49.0. The topological polar surface area (TPSA) is 120 Å². The van der Waals surface area contributed by atoms with Crippen LogP contribution in [0.15, 0.2) is 60.7 Å². The van der Waals surface area contributed by atoms with Crippen molar-refractivity contribution in [2.45, 2.75) is 52.0 Å². The van der Waals surface area contributed by atoms with Gasteiger partial charge in [-0.3, -0.25) is 9.59 Å². The molecule has 34 heavy (non-hydrogen) atoms. The van der Waals surface area contributed by atoms with Crippen molar-refractivity contribution in [2.75, 3.05) is 6.54 Å². The summed E-state index contributed by atoms with van der Waals surface area (Å²) < 4.78 is 15.5. The number of hydrogen-bond donors (Lipinski definition) is 2. The fraction of sp³-hybridized carbons (Fsp3) is 0.360. The predicted molar refractivity (Wildman–Crippen MR) is 123 cm³/mol. The molecule has 0 aliphatic carbocycles. The Balaban J connectivity index is 1.89. The molecule has 0 bridgehead atoms. The Morgan fingerprint density at radius 1 is 0.824 bits per heavy atom. The zero-order valence-corrected chi connectivity index (χ0v) is 19.5. The maximum absolute atomic E-state index is 12.6. The molecule has 0 radical (unpaired) electrons. The van der Waals surface area contributed by atoms with Crippen LogP contribution in [0, 0.1) is 0 Å². The Morgan fingerprint density at radius 3 is 1.88 bits per heavy atom. The molecule has 9 nitrogen and oxygen atoms in total. The van der Waals surface area contributed by atoms with Crippen molar-refractivity contribution >= 4 is 23.9 Å². The summed E-state index contributed by atoms with van der Waals surface area (Å²) in [6.45, 7) is 4.67. The van der Waals surface area contributed by atoms with Gasteiger partial charge in [-0.2, -0.15) is 0 Å². The second-order valence-corrected chi connectivity index (χ2v) is 8.42. The lowest BCUT2D eigenvalue weighted by Crippen LogP contribution is -2.47. The van der Waals surface area contributed by atoms with E-state index < -0.39 is 42.0 Å². The molecule has 0 aliphatic heterocycles. The minimum absolute atomic E-state index is 0.0282. The second kappa shape index (κ2) is 13.0. The van der Waals surface area contributed by atoms with Gasteiger partial charge in [0.15, 0.2) is 0 Å². The molecule has 0 fully saturated rings. The van der Waals surface area contributed by atoms with E-state index >= 15 is 0 Å². The van der Waals surface area contributed by atoms with Gasteiger partial charge in [-0.05, 0) is 31.9 Å². The number of alkyl carbamates (subject to hydrolysis) is 1. The van der Waals surface area contributed by atoms with Gasteiger partial charge in [-0.1, -0.05) is 60.7 Å². The van der Waals surface area contributed by atoms with E-state index in [2.05, 4.69) is 10.6 Å². The SMILES string of the molecule is CC(C)(C)OC(=O)N[C@@H](CC(=O)NCC(=O)OCc1ccccc1)C(=O)OCc1ccccc1. The minimum atomic E-state index is -1.31. The molecule has 0 saturated heterocycles. The summed E-state index contributed by atoms with van der Waals surface area (Å²) in [5.74, 6) is -2.09. The van der Waals surface area contributed by atoms with Crippen molar-refractivity contribution in [1.82, 2.24) is 10.6 Å². The molecular formula is C25H30N2O7. The number of benzene rings is 2. The van der Waals surface area contributed by atoms with E-state index in [4.69, 9.17) is 14.2 Å². The first-order valence-corrected chi connectivity index (χ1v) is 10.8. The minimum Gasteiger partial charge on any atom is -0.460 e. The molecule has 2 amide bonds. The van der Waals surface area contributed by atoms with Crippen LogP contribution in [0.25, 0.3) is 0 Å². The smallest absolute Gasteiger partial charge is 0.408 e. The Morgan fingerprint density at radius 2 is 1.35 bits per heavy atom. The Bertz CT molecular complexity index is 956. The first-order chi connectivity index (χ1) is 16.1. The molecule has 0 heterocycles. The van der Waals surface area contributed by atoms with Gasteiger partial charge in [0.1, 0.15) is 31.4 Å². The van der Waals surface area contributed by atoms with Gasteiger partial charge in [0, 0.05) is 0 Å². The van der Waals surface area contributed by atoms with Crippen LogP contribution in [0.4, 0.5) is 4.79 Å². The van der Waals surface area contributed by atoms with E-state index in [1.54, 1.807) is 57.2 Å². The van der Waals surface area contributed by atoms with Crippen LogP contribution in [0.2, 0.25) is 0 Å². The van der Waals surface area contributed by atoms with Crippen molar-refractivity contribution in [3.05, 3.63) is 71.8 Å². The number of carbonyl (C=O) groups excluding carboxylic acids is 4. The summed E-state index contributed by atoms with van der Waals surface area (Å²) >= 11 is 0. The van der Waals surface area contributed by atoms with Crippen LogP contribution in [0.1, 0.15) is 38.3 Å². The van der Waals surface area contributed by atoms with Crippen LogP contribution >= 0.6 is 0 Å². The van der Waals surface area contributed by atoms with Crippen molar-refractivity contribution in [3.8, 4) is 0 Å². The highest BCUT2D eigenvalue weighted by Crippen LogP contribution is 2.09. The van der Waals surface area contributed by atoms with Gasteiger partial charge in [0.25, 0.3) is 0 Å². The van der Waals surface area contributed by atoms with E-state index in [-0.39, 0.29) is 19.8 Å². The molecule has 9 heteroatoms. The Kier molecular flexibility index (Phi) is 10.1. The van der Waals surface area contributed by atoms with Crippen LogP contribution in [0.3, 0.4) is 0 Å². The number of carbonyl (C=O) groups is 4. The molecule has 0 aromatic heterocycles. The molecule has 1 atom stereocenters. The molecular weight excluding hydrogens is 440 g/mol. The third kappa shape index (κ3) is 10.6. The van der Waals surface area contributed by atoms with Gasteiger partial charge in [0.05, 0.1) is 6.42 Å². The number of nitrogens with one attached hydrogen (secondary N) is 2. The number of rotatable bonds is 10. The maximum atomic E-state index is 12.6. The summed E-state index contributed by atoms with van der Waals surface area (Å²) in [5.41, 5.74) is 0.760. The highest BCUT2D eigenvalue weighted by atomic mass is 16.6. The van der Waals surface area contributed by atoms with Crippen molar-refractivity contribution in [3.63, 3.8) is 0 Å². The zero-order chi connectivity index (χ0) is 25.0. The summed E-state index contributed by atoms with van der Waals surface area (Å²) in [7, 11) is 0. The van der Waals surface area contributed by atoms with E-state index in [9.17, 15) is 19.2 Å². The molecule has 0 aliphatic rings. The van der Waals surface area contributed by atoms with Gasteiger partial charge in [0.2, 0.25) is 5.91 Å². The molecule has 2 aromatic carbocycles. The fourth-order valence-electron chi connectivity index (χ4n) is 2.69. The largest absolute Gasteiger partial charge is 0.460 e. The third-order valence-corrected chi connectivity index (χ3v) is 4.26. The van der Waals surface area contributed by atoms with Gasteiger partial charge >= 0.3 is 18.0 Å². The number of ether oxygens (including phenoxy) is 3. The first-order valence-electron chi connectivity index (χ1n) is 10.8. The van der Waals surface area contributed by atoms with E-state index in [1.807, 2.05) is 24.3 Å². The summed E-state index contributed by atoms with van der Waals surface area (Å²) in [6, 6.07) is 16.8. The Hall–Kier alpha value is -3.88. The lowest BCUT2D eigenvalue weighted by atomic mass is 10.2. The van der Waals surface area contributed by atoms with Crippen molar-refractivity contribution in [1.29, 1.82) is 0 Å². The normalized spacial score (nSPS) is 11.6. The maximum Gasteiger partial charge on any atom is 0.408 e. The average Bonchev–Trinajstić information content (AvgIpc) is 2.79. The Labute approximate surface area is 198 Å². The molecule has 2 aromatic rings. The van der Waals surface area contributed by atoms with Gasteiger partial charge in [-0.25, -0.2) is 9.59 Å². The highest BCUT2D eigenvalue weighted by Gasteiger charge is 2.28. The molecule has 0 saturated carbocycles. The van der Waals surface area contributed by atoms with Crippen molar-refractivity contribution in [2.24, 2.45) is 0 Å². The van der Waals surface area contributed by atoms with Crippen LogP contribution in [-0.2, 0) is 41.8 Å². The predicted octanol–water partition coefficient (Wildman–Crippen LogP) is 2.87. The van der Waals surface area contributed by atoms with E-state index in [1.165, 1.54) is 0 Å². The quantitative estimate of drug-likeness (QED) is 0.405. The van der Waals surface area contributed by atoms with Crippen molar-refractivity contribution < 1.29 is 33.4 Å². The van der Waals surface area contributed by atoms with E-state index in [0.29, 0.717) is 0 Å². The fourth-order valence-corrected chi connectivity index (χ4v) is 2.69. The molecule has 0 spiro atoms. The van der Waals surface area contributed by atoms with Gasteiger partial charge in [-0.15, -0.1) is 0 Å². The lowest BCUT2D eigenvalue weighted by molar-refractivity contribution is -0.149. The summed E-state index contributed by atoms with van der Waals surface area (Å²) in [5, 5.41) is 4.75. The molecule has 0 unspecified atom stereocenters. The van der Waals surface area contributed by atoms with Crippen LogP contribution < -0.4 is 10.6 Å². The zero-order valence-electron chi connectivity index (χ0n) is 19.5. The number of amides is 2. The standard InChI is InChI=1S/C25H30N2O7/c1-25(2,3)34-24(31)27-20(23(30)33-17-19-12-8-5-9-13-19)14-21(28)26-15-22(29)32-16-18-10-6-4-7-11-18/h4-13,20H,14-17H2,1-3H3,(H,26,28)(H,27,31)/t20-/m0/s1. The highest BCUT2D eigenvalue weighted by molar-refractivity contribution is 5.89. The lowest BCUT2D eigenvalue weighted by Gasteiger charge is -2.22. The third-order valence-electron chi connectivity index (χ3n) is 4.26. The van der Waals surface area contributed by atoms with Gasteiger partial charge < -0.3 is 24.8 Å². The number of esters is 2. The molecule has 182 valence electrons. The van der Waals surface area contributed by atoms with E-state index in [0.717, 1.165) is 11.1 Å². The summed E-state index contributed by atoms with van der Waals surface area (Å²) in [6.07, 6.45) is -1.32. The molecule has 2 N–H and O–H groups in total. The number of hydrogen-bond acceptors (Lipinski definition) is 7. The van der Waals surface area contributed by atoms with Crippen LogP contribution in [-0.4, -0.2) is 42.1 Å².